The predicted molar refractivity (Wildman–Crippen MR) is 72.6 cm³/mol. The topological polar surface area (TPSA) is 47.5 Å². The lowest BCUT2D eigenvalue weighted by Gasteiger charge is -2.05. The molecule has 2 rings (SSSR count). The smallest absolute Gasteiger partial charge is 0.130 e. The number of furan rings is 2. The van der Waals surface area contributed by atoms with Gasteiger partial charge < -0.3 is 18.9 Å². The van der Waals surface area contributed by atoms with E-state index in [2.05, 4.69) is 19.2 Å². The Bertz CT molecular complexity index is 485. The summed E-state index contributed by atoms with van der Waals surface area (Å²) in [7, 11) is 0. The molecule has 0 bridgehead atoms. The van der Waals surface area contributed by atoms with Crippen molar-refractivity contribution in [3.05, 3.63) is 47.3 Å². The van der Waals surface area contributed by atoms with Crippen molar-refractivity contribution >= 4 is 0 Å². The monoisotopic (exact) mass is 263 g/mol. The van der Waals surface area contributed by atoms with Crippen LogP contribution in [0, 0.1) is 6.92 Å². The van der Waals surface area contributed by atoms with E-state index < -0.39 is 0 Å². The summed E-state index contributed by atoms with van der Waals surface area (Å²) in [5, 5.41) is 3.38. The molecular weight excluding hydrogens is 242 g/mol. The van der Waals surface area contributed by atoms with Gasteiger partial charge in [0.1, 0.15) is 30.5 Å². The lowest BCUT2D eigenvalue weighted by Crippen LogP contribution is -2.21. The number of rotatable bonds is 7. The zero-order valence-electron chi connectivity index (χ0n) is 11.7. The largest absolute Gasteiger partial charge is 0.467 e. The average Bonchev–Trinajstić information content (AvgIpc) is 2.97. The standard InChI is InChI=1S/C15H21NO3/c1-11(2)16-8-13-7-15(19-12(13)3)10-17-9-14-5-4-6-18-14/h4-7,11,16H,8-10H2,1-3H3. The van der Waals surface area contributed by atoms with Crippen LogP contribution in [0.1, 0.15) is 36.7 Å². The Morgan fingerprint density at radius 1 is 1.26 bits per heavy atom. The van der Waals surface area contributed by atoms with Crippen LogP contribution in [0.25, 0.3) is 0 Å². The van der Waals surface area contributed by atoms with Gasteiger partial charge in [-0.3, -0.25) is 0 Å². The van der Waals surface area contributed by atoms with Gasteiger partial charge in [0.25, 0.3) is 0 Å². The van der Waals surface area contributed by atoms with Crippen molar-refractivity contribution in [3.8, 4) is 0 Å². The molecule has 0 radical (unpaired) electrons. The van der Waals surface area contributed by atoms with Gasteiger partial charge >= 0.3 is 0 Å². The second kappa shape index (κ2) is 6.59. The van der Waals surface area contributed by atoms with Gasteiger partial charge in [-0.2, -0.15) is 0 Å². The highest BCUT2D eigenvalue weighted by Gasteiger charge is 2.08. The second-order valence-electron chi connectivity index (χ2n) is 4.90. The molecule has 0 aliphatic rings. The molecule has 2 heterocycles. The Labute approximate surface area is 113 Å². The summed E-state index contributed by atoms with van der Waals surface area (Å²) in [6.45, 7) is 7.99. The quantitative estimate of drug-likeness (QED) is 0.831. The third kappa shape index (κ3) is 4.26. The third-order valence-electron chi connectivity index (χ3n) is 2.84. The van der Waals surface area contributed by atoms with E-state index in [-0.39, 0.29) is 0 Å². The van der Waals surface area contributed by atoms with E-state index in [1.165, 1.54) is 5.56 Å². The van der Waals surface area contributed by atoms with E-state index in [9.17, 15) is 0 Å². The fraction of sp³-hybridized carbons (Fsp3) is 0.467. The van der Waals surface area contributed by atoms with Crippen LogP contribution in [0.2, 0.25) is 0 Å². The van der Waals surface area contributed by atoms with Crippen molar-refractivity contribution in [2.75, 3.05) is 0 Å². The number of hydrogen-bond donors (Lipinski definition) is 1. The Morgan fingerprint density at radius 3 is 2.74 bits per heavy atom. The van der Waals surface area contributed by atoms with Gasteiger partial charge in [0.05, 0.1) is 6.26 Å². The van der Waals surface area contributed by atoms with Crippen molar-refractivity contribution in [1.29, 1.82) is 0 Å². The van der Waals surface area contributed by atoms with E-state index >= 15 is 0 Å². The maximum Gasteiger partial charge on any atom is 0.130 e. The van der Waals surface area contributed by atoms with Crippen LogP contribution in [0.15, 0.2) is 33.3 Å². The molecule has 0 saturated carbocycles. The molecule has 4 heteroatoms. The normalized spacial score (nSPS) is 11.4. The van der Waals surface area contributed by atoms with Crippen LogP contribution in [0.5, 0.6) is 0 Å². The van der Waals surface area contributed by atoms with Gasteiger partial charge in [0.15, 0.2) is 0 Å². The van der Waals surface area contributed by atoms with Crippen molar-refractivity contribution in [1.82, 2.24) is 5.32 Å². The van der Waals surface area contributed by atoms with Crippen LogP contribution in [-0.4, -0.2) is 6.04 Å². The minimum absolute atomic E-state index is 0.462. The number of aryl methyl sites for hydroxylation is 1. The zero-order chi connectivity index (χ0) is 13.7. The molecule has 0 atom stereocenters. The average molecular weight is 263 g/mol. The first-order valence-electron chi connectivity index (χ1n) is 6.57. The summed E-state index contributed by atoms with van der Waals surface area (Å²) in [6, 6.07) is 6.26. The summed E-state index contributed by atoms with van der Waals surface area (Å²) in [5.41, 5.74) is 1.19. The van der Waals surface area contributed by atoms with Crippen molar-refractivity contribution in [3.63, 3.8) is 0 Å². The summed E-state index contributed by atoms with van der Waals surface area (Å²) in [6.07, 6.45) is 1.64. The van der Waals surface area contributed by atoms with Crippen LogP contribution in [0.4, 0.5) is 0 Å². The highest BCUT2D eigenvalue weighted by atomic mass is 16.5. The molecule has 0 aromatic carbocycles. The molecule has 0 amide bonds. The molecule has 1 N–H and O–H groups in total. The summed E-state index contributed by atoms with van der Waals surface area (Å²) in [5.74, 6) is 2.62. The fourth-order valence-corrected chi connectivity index (χ4v) is 1.80. The Hall–Kier alpha value is -1.52. The van der Waals surface area contributed by atoms with Gasteiger partial charge in [-0.1, -0.05) is 13.8 Å². The zero-order valence-corrected chi connectivity index (χ0v) is 11.7. The maximum absolute atomic E-state index is 5.67. The van der Waals surface area contributed by atoms with Crippen molar-refractivity contribution < 1.29 is 13.6 Å². The fourth-order valence-electron chi connectivity index (χ4n) is 1.80. The van der Waals surface area contributed by atoms with Crippen LogP contribution in [0.3, 0.4) is 0 Å². The summed E-state index contributed by atoms with van der Waals surface area (Å²) in [4.78, 5) is 0. The second-order valence-corrected chi connectivity index (χ2v) is 4.90. The van der Waals surface area contributed by atoms with Crippen molar-refractivity contribution in [2.24, 2.45) is 0 Å². The Balaban J connectivity index is 1.82. The SMILES string of the molecule is Cc1oc(COCc2ccco2)cc1CNC(C)C. The summed E-state index contributed by atoms with van der Waals surface area (Å²) >= 11 is 0. The first-order chi connectivity index (χ1) is 9.15. The van der Waals surface area contributed by atoms with Gasteiger partial charge in [-0.15, -0.1) is 0 Å². The molecule has 2 aromatic heterocycles. The molecule has 0 aliphatic carbocycles. The van der Waals surface area contributed by atoms with Gasteiger partial charge in [0.2, 0.25) is 0 Å². The Morgan fingerprint density at radius 2 is 2.05 bits per heavy atom. The van der Waals surface area contributed by atoms with Gasteiger partial charge in [-0.25, -0.2) is 0 Å². The molecule has 19 heavy (non-hydrogen) atoms. The lowest BCUT2D eigenvalue weighted by molar-refractivity contribution is 0.0798. The predicted octanol–water partition coefficient (Wildman–Crippen LogP) is 3.40. The molecule has 0 fully saturated rings. The van der Waals surface area contributed by atoms with Crippen LogP contribution >= 0.6 is 0 Å². The summed E-state index contributed by atoms with van der Waals surface area (Å²) < 4.78 is 16.4. The van der Waals surface area contributed by atoms with Crippen LogP contribution in [-0.2, 0) is 24.5 Å². The minimum atomic E-state index is 0.462. The first-order valence-corrected chi connectivity index (χ1v) is 6.57. The molecule has 2 aromatic rings. The third-order valence-corrected chi connectivity index (χ3v) is 2.84. The molecule has 0 saturated heterocycles. The first kappa shape index (κ1) is 13.9. The molecule has 0 unspecified atom stereocenters. The number of nitrogens with one attached hydrogen (secondary N) is 1. The van der Waals surface area contributed by atoms with E-state index in [0.29, 0.717) is 19.3 Å². The van der Waals surface area contributed by atoms with Gasteiger partial charge in [0, 0.05) is 18.2 Å². The number of ether oxygens (including phenoxy) is 1. The van der Waals surface area contributed by atoms with E-state index in [1.54, 1.807) is 6.26 Å². The molecule has 0 spiro atoms. The van der Waals surface area contributed by atoms with E-state index in [1.807, 2.05) is 25.1 Å². The highest BCUT2D eigenvalue weighted by Crippen LogP contribution is 2.16. The maximum atomic E-state index is 5.67. The van der Waals surface area contributed by atoms with Gasteiger partial charge in [-0.05, 0) is 25.1 Å². The molecule has 0 aliphatic heterocycles. The minimum Gasteiger partial charge on any atom is -0.467 e. The van der Waals surface area contributed by atoms with E-state index in [0.717, 1.165) is 23.8 Å². The van der Waals surface area contributed by atoms with E-state index in [4.69, 9.17) is 13.6 Å². The Kier molecular flexibility index (Phi) is 4.82. The molecular formula is C15H21NO3. The van der Waals surface area contributed by atoms with Crippen LogP contribution < -0.4 is 5.32 Å². The molecule has 4 nitrogen and oxygen atoms in total. The lowest BCUT2D eigenvalue weighted by atomic mass is 10.2. The van der Waals surface area contributed by atoms with Crippen molar-refractivity contribution in [2.45, 2.75) is 46.6 Å². The number of hydrogen-bond acceptors (Lipinski definition) is 4. The highest BCUT2D eigenvalue weighted by molar-refractivity contribution is 5.20. The molecule has 104 valence electrons.